The number of carbonyl (C=O) groups excluding carboxylic acids is 2. The molecule has 4 aromatic rings. The molecule has 3 N–H and O–H groups in total. The molecule has 13 heteroatoms. The quantitative estimate of drug-likeness (QED) is 0.264. The van der Waals surface area contributed by atoms with Gasteiger partial charge in [-0.3, -0.25) is 9.59 Å². The average molecular weight is 575 g/mol. The standard InChI is InChI=1S/C29H27FN6O6/c1-3-29(41)17-8-21-25-15(11-35(21)27(39)16(17)12-42-28(29)40)24-19(33-26(38)22-10-31-34-36(22)6-7-37)5-4-14-13(2)18(30)9-20(32-25)23(14)24/h8-10,19,37,41H,3-7,11-12H2,1-2H3,(H,33,38)/t19-,29-/m0/s1. The van der Waals surface area contributed by atoms with Gasteiger partial charge < -0.3 is 24.8 Å². The molecule has 0 fully saturated rings. The fourth-order valence-corrected chi connectivity index (χ4v) is 6.62. The maximum Gasteiger partial charge on any atom is 0.343 e. The number of amides is 1. The number of pyridine rings is 2. The number of hydrogen-bond acceptors (Lipinski definition) is 9. The van der Waals surface area contributed by atoms with Crippen molar-refractivity contribution in [3.05, 3.63) is 73.6 Å². The Balaban J connectivity index is 1.44. The van der Waals surface area contributed by atoms with Gasteiger partial charge in [0.1, 0.15) is 18.1 Å². The predicted molar refractivity (Wildman–Crippen MR) is 145 cm³/mol. The molecule has 0 bridgehead atoms. The summed E-state index contributed by atoms with van der Waals surface area (Å²) in [4.78, 5) is 44.5. The Kier molecular flexibility index (Phi) is 5.82. The Labute approximate surface area is 237 Å². The van der Waals surface area contributed by atoms with Gasteiger partial charge in [0.15, 0.2) is 5.60 Å². The van der Waals surface area contributed by atoms with E-state index in [1.165, 1.54) is 21.5 Å². The van der Waals surface area contributed by atoms with Crippen LogP contribution in [-0.4, -0.2) is 53.2 Å². The topological polar surface area (TPSA) is 161 Å². The molecule has 12 nitrogen and oxygen atoms in total. The van der Waals surface area contributed by atoms with Gasteiger partial charge in [0.05, 0.1) is 54.4 Å². The normalized spacial score (nSPS) is 20.2. The zero-order valence-electron chi connectivity index (χ0n) is 22.9. The summed E-state index contributed by atoms with van der Waals surface area (Å²) in [5.41, 5.74) is 2.15. The first kappa shape index (κ1) is 26.4. The SMILES string of the molecule is CC[C@@]1(O)C(=O)OCc2c1cc1n(c2=O)Cc2c-1nc1cc(F)c(C)c3c1c2[C@@H](NC(=O)c1cnnn1CCO)CC3. The highest BCUT2D eigenvalue weighted by Gasteiger charge is 2.46. The van der Waals surface area contributed by atoms with E-state index in [1.54, 1.807) is 19.9 Å². The van der Waals surface area contributed by atoms with E-state index in [2.05, 4.69) is 15.6 Å². The van der Waals surface area contributed by atoms with Gasteiger partial charge in [-0.25, -0.2) is 18.9 Å². The Hall–Kier alpha value is -4.49. The Bertz CT molecular complexity index is 1920. The van der Waals surface area contributed by atoms with Crippen LogP contribution in [0.1, 0.15) is 69.7 Å². The predicted octanol–water partition coefficient (Wildman–Crippen LogP) is 1.53. The second-order valence-corrected chi connectivity index (χ2v) is 10.9. The molecule has 1 aliphatic carbocycles. The Morgan fingerprint density at radius 1 is 1.26 bits per heavy atom. The number of nitrogens with zero attached hydrogens (tertiary/aromatic N) is 5. The molecule has 0 unspecified atom stereocenters. The van der Waals surface area contributed by atoms with Gasteiger partial charge in [-0.2, -0.15) is 0 Å². The minimum absolute atomic E-state index is 0.00859. The average Bonchev–Trinajstić information content (AvgIpc) is 3.59. The van der Waals surface area contributed by atoms with Crippen molar-refractivity contribution in [3.63, 3.8) is 0 Å². The number of nitrogens with one attached hydrogen (secondary N) is 1. The first-order valence-electron chi connectivity index (χ1n) is 13.8. The molecule has 0 saturated carbocycles. The summed E-state index contributed by atoms with van der Waals surface area (Å²) in [7, 11) is 0. The molecule has 0 radical (unpaired) electrons. The van der Waals surface area contributed by atoms with Crippen molar-refractivity contribution >= 4 is 22.8 Å². The first-order chi connectivity index (χ1) is 20.2. The van der Waals surface area contributed by atoms with E-state index in [1.807, 2.05) is 0 Å². The zero-order valence-corrected chi connectivity index (χ0v) is 22.9. The van der Waals surface area contributed by atoms with Crippen molar-refractivity contribution in [1.82, 2.24) is 29.9 Å². The van der Waals surface area contributed by atoms with Crippen LogP contribution < -0.4 is 10.9 Å². The van der Waals surface area contributed by atoms with Crippen molar-refractivity contribution in [3.8, 4) is 11.4 Å². The van der Waals surface area contributed by atoms with Crippen LogP contribution in [-0.2, 0) is 41.2 Å². The third kappa shape index (κ3) is 3.53. The number of fused-ring (bicyclic) bond motifs is 5. The van der Waals surface area contributed by atoms with Gasteiger partial charge in [0.2, 0.25) is 0 Å². The molecule has 1 aromatic carbocycles. The maximum atomic E-state index is 15.1. The largest absolute Gasteiger partial charge is 0.458 e. The summed E-state index contributed by atoms with van der Waals surface area (Å²) >= 11 is 0. The van der Waals surface area contributed by atoms with Gasteiger partial charge in [-0.05, 0) is 48.9 Å². The Morgan fingerprint density at radius 3 is 2.83 bits per heavy atom. The van der Waals surface area contributed by atoms with E-state index in [4.69, 9.17) is 9.72 Å². The molecule has 7 rings (SSSR count). The summed E-state index contributed by atoms with van der Waals surface area (Å²) in [6.07, 6.45) is 2.30. The van der Waals surface area contributed by atoms with Crippen LogP contribution in [0, 0.1) is 12.7 Å². The van der Waals surface area contributed by atoms with Crippen LogP contribution >= 0.6 is 0 Å². The minimum atomic E-state index is -1.98. The van der Waals surface area contributed by atoms with Gasteiger partial charge in [0.25, 0.3) is 11.5 Å². The Morgan fingerprint density at radius 2 is 2.07 bits per heavy atom. The number of aryl methyl sites for hydroxylation is 1. The number of esters is 1. The number of aromatic nitrogens is 5. The van der Waals surface area contributed by atoms with E-state index >= 15 is 4.39 Å². The summed E-state index contributed by atoms with van der Waals surface area (Å²) in [6, 6.07) is 2.46. The van der Waals surface area contributed by atoms with Crippen LogP contribution in [0.15, 0.2) is 23.1 Å². The van der Waals surface area contributed by atoms with Gasteiger partial charge in [-0.1, -0.05) is 12.1 Å². The lowest BCUT2D eigenvalue weighted by molar-refractivity contribution is -0.172. The molecule has 3 aromatic heterocycles. The lowest BCUT2D eigenvalue weighted by atomic mass is 9.81. The van der Waals surface area contributed by atoms with Gasteiger partial charge >= 0.3 is 5.97 Å². The van der Waals surface area contributed by atoms with E-state index in [0.717, 1.165) is 16.5 Å². The fraction of sp³-hybridized carbons (Fsp3) is 0.379. The third-order valence-corrected chi connectivity index (χ3v) is 8.85. The second kappa shape index (κ2) is 9.26. The molecule has 5 heterocycles. The van der Waals surface area contributed by atoms with E-state index in [0.29, 0.717) is 40.9 Å². The van der Waals surface area contributed by atoms with Crippen LogP contribution in [0.2, 0.25) is 0 Å². The van der Waals surface area contributed by atoms with Crippen LogP contribution in [0.4, 0.5) is 4.39 Å². The summed E-state index contributed by atoms with van der Waals surface area (Å²) < 4.78 is 23.1. The van der Waals surface area contributed by atoms with E-state index in [-0.39, 0.29) is 49.5 Å². The highest BCUT2D eigenvalue weighted by atomic mass is 19.1. The molecule has 0 saturated heterocycles. The van der Waals surface area contributed by atoms with Crippen LogP contribution in [0.3, 0.4) is 0 Å². The molecule has 0 spiro atoms. The lowest BCUT2D eigenvalue weighted by Gasteiger charge is -2.31. The van der Waals surface area contributed by atoms with Crippen LogP contribution in [0.5, 0.6) is 0 Å². The zero-order chi connectivity index (χ0) is 29.5. The molecule has 3 aliphatic rings. The summed E-state index contributed by atoms with van der Waals surface area (Å²) in [6.45, 7) is 3.12. The molecule has 1 amide bonds. The number of carbonyl (C=O) groups is 2. The maximum absolute atomic E-state index is 15.1. The molecule has 216 valence electrons. The lowest BCUT2D eigenvalue weighted by Crippen LogP contribution is -2.44. The van der Waals surface area contributed by atoms with Crippen molar-refractivity contribution in [2.45, 2.75) is 64.4 Å². The molecule has 42 heavy (non-hydrogen) atoms. The van der Waals surface area contributed by atoms with Crippen molar-refractivity contribution in [1.29, 1.82) is 0 Å². The number of aliphatic hydroxyl groups is 2. The highest BCUT2D eigenvalue weighted by molar-refractivity contribution is 5.96. The summed E-state index contributed by atoms with van der Waals surface area (Å²) in [5.74, 6) is -1.66. The second-order valence-electron chi connectivity index (χ2n) is 10.9. The monoisotopic (exact) mass is 574 g/mol. The third-order valence-electron chi connectivity index (χ3n) is 8.85. The minimum Gasteiger partial charge on any atom is -0.458 e. The number of aliphatic hydroxyl groups excluding tert-OH is 1. The van der Waals surface area contributed by atoms with E-state index in [9.17, 15) is 24.6 Å². The molecule has 2 atom stereocenters. The van der Waals surface area contributed by atoms with Crippen molar-refractivity contribution < 1.29 is 28.9 Å². The molecular weight excluding hydrogens is 547 g/mol. The number of halogens is 1. The fourth-order valence-electron chi connectivity index (χ4n) is 6.62. The first-order valence-corrected chi connectivity index (χ1v) is 13.8. The van der Waals surface area contributed by atoms with Gasteiger partial charge in [-0.15, -0.1) is 5.10 Å². The molecular formula is C29H27FN6O6. The van der Waals surface area contributed by atoms with Crippen molar-refractivity contribution in [2.24, 2.45) is 0 Å². The number of rotatable bonds is 5. The number of benzene rings is 1. The van der Waals surface area contributed by atoms with Crippen LogP contribution in [0.25, 0.3) is 22.3 Å². The van der Waals surface area contributed by atoms with E-state index < -0.39 is 34.9 Å². The van der Waals surface area contributed by atoms with Crippen molar-refractivity contribution in [2.75, 3.05) is 6.61 Å². The number of ether oxygens (including phenoxy) is 1. The van der Waals surface area contributed by atoms with Gasteiger partial charge in [0, 0.05) is 22.6 Å². The number of hydrogen-bond donors (Lipinski definition) is 3. The molecule has 2 aliphatic heterocycles. The number of cyclic esters (lactones) is 1. The smallest absolute Gasteiger partial charge is 0.343 e. The summed E-state index contributed by atoms with van der Waals surface area (Å²) in [5, 5.41) is 32.1. The highest BCUT2D eigenvalue weighted by Crippen LogP contribution is 2.46.